The monoisotopic (exact) mass is 816 g/mol. The first-order valence-corrected chi connectivity index (χ1v) is 22.4. The predicted molar refractivity (Wildman–Crippen MR) is 260 cm³/mol. The van der Waals surface area contributed by atoms with E-state index in [1.54, 1.807) is 22.7 Å². The second kappa shape index (κ2) is 15.7. The first-order valence-electron chi connectivity index (χ1n) is 20.6. The molecule has 4 heteroatoms. The van der Waals surface area contributed by atoms with Crippen molar-refractivity contribution < 1.29 is 0 Å². The van der Waals surface area contributed by atoms with Crippen LogP contribution in [0.1, 0.15) is 22.3 Å². The molecule has 2 heterocycles. The molecular formula is C57H40N2S2. The Morgan fingerprint density at radius 2 is 0.623 bits per heavy atom. The molecule has 0 N–H and O–H groups in total. The van der Waals surface area contributed by atoms with Gasteiger partial charge in [0.25, 0.3) is 0 Å². The lowest BCUT2D eigenvalue weighted by Gasteiger charge is -2.35. The van der Waals surface area contributed by atoms with Gasteiger partial charge in [0.1, 0.15) is 0 Å². The van der Waals surface area contributed by atoms with Gasteiger partial charge in [0, 0.05) is 43.9 Å². The van der Waals surface area contributed by atoms with Crippen molar-refractivity contribution in [2.45, 2.75) is 5.41 Å². The zero-order chi connectivity index (χ0) is 40.6. The molecule has 0 unspecified atom stereocenters. The lowest BCUT2D eigenvalue weighted by atomic mass is 9.67. The van der Waals surface area contributed by atoms with Gasteiger partial charge in [0.15, 0.2) is 0 Å². The summed E-state index contributed by atoms with van der Waals surface area (Å²) in [6, 6.07) is 84.4. The summed E-state index contributed by atoms with van der Waals surface area (Å²) in [7, 11) is 0. The maximum atomic E-state index is 2.47. The number of fused-ring (bicyclic) bond motifs is 3. The Balaban J connectivity index is 1.15. The molecule has 0 aliphatic heterocycles. The Hall–Kier alpha value is -7.24. The summed E-state index contributed by atoms with van der Waals surface area (Å²) >= 11 is 3.58. The highest BCUT2D eigenvalue weighted by atomic mass is 32.1. The quantitative estimate of drug-likeness (QED) is 0.136. The molecule has 0 amide bonds. The zero-order valence-electron chi connectivity index (χ0n) is 33.3. The van der Waals surface area contributed by atoms with Gasteiger partial charge in [-0.3, -0.25) is 0 Å². The Morgan fingerprint density at radius 3 is 0.934 bits per heavy atom. The van der Waals surface area contributed by atoms with Gasteiger partial charge in [-0.25, -0.2) is 0 Å². The molecule has 290 valence electrons. The first-order chi connectivity index (χ1) is 30.3. The second-order valence-electron chi connectivity index (χ2n) is 15.3. The number of rotatable bonds is 10. The molecule has 0 radical (unpaired) electrons. The first kappa shape index (κ1) is 36.8. The average Bonchev–Trinajstić information content (AvgIpc) is 4.13. The van der Waals surface area contributed by atoms with E-state index in [4.69, 9.17) is 0 Å². The lowest BCUT2D eigenvalue weighted by molar-refractivity contribution is 0.769. The van der Waals surface area contributed by atoms with Gasteiger partial charge in [-0.1, -0.05) is 133 Å². The molecule has 1 aliphatic carbocycles. The third-order valence-corrected chi connectivity index (χ3v) is 13.8. The molecule has 11 rings (SSSR count). The number of benzene rings is 8. The largest absolute Gasteiger partial charge is 0.311 e. The average molecular weight is 817 g/mol. The molecule has 0 atom stereocenters. The highest BCUT2D eigenvalue weighted by molar-refractivity contribution is 7.13. The van der Waals surface area contributed by atoms with Gasteiger partial charge in [-0.2, -0.15) is 0 Å². The Labute approximate surface area is 365 Å². The maximum absolute atomic E-state index is 2.47. The van der Waals surface area contributed by atoms with Gasteiger partial charge >= 0.3 is 0 Å². The fourth-order valence-electron chi connectivity index (χ4n) is 9.23. The van der Waals surface area contributed by atoms with Crippen LogP contribution < -0.4 is 9.80 Å². The van der Waals surface area contributed by atoms with E-state index in [2.05, 4.69) is 251 Å². The van der Waals surface area contributed by atoms with Gasteiger partial charge in [-0.15, -0.1) is 22.7 Å². The second-order valence-corrected chi connectivity index (χ2v) is 17.2. The third kappa shape index (κ3) is 6.49. The number of nitrogens with zero attached hydrogens (tertiary/aromatic N) is 2. The van der Waals surface area contributed by atoms with Crippen LogP contribution in [-0.2, 0) is 5.41 Å². The summed E-state index contributed by atoms with van der Waals surface area (Å²) in [6.07, 6.45) is 0. The highest BCUT2D eigenvalue weighted by Gasteiger charge is 2.47. The number of thiophene rings is 2. The standard InChI is InChI=1S/C57H40N2S2/c1-5-15-45(16-6-1)58(46-17-7-2-8-18-46)49-31-27-43(28-32-49)57(44-29-33-50(34-30-44)59(47-19-9-3-10-20-47)48-21-11-4-12-22-48)53-39-41(55-23-13-37-60-55)25-35-51(53)52-36-26-42(40-54(52)57)56-24-14-38-61-56/h1-40H. The van der Waals surface area contributed by atoms with Crippen LogP contribution in [-0.4, -0.2) is 0 Å². The number of hydrogen-bond acceptors (Lipinski definition) is 4. The van der Waals surface area contributed by atoms with Crippen molar-refractivity contribution in [3.8, 4) is 32.0 Å². The molecule has 2 aromatic heterocycles. The molecule has 0 spiro atoms. The van der Waals surface area contributed by atoms with Crippen LogP contribution in [0.4, 0.5) is 34.1 Å². The van der Waals surface area contributed by atoms with Gasteiger partial charge in [-0.05, 0) is 152 Å². The van der Waals surface area contributed by atoms with Gasteiger partial charge in [0.2, 0.25) is 0 Å². The van der Waals surface area contributed by atoms with E-state index in [1.807, 2.05) is 0 Å². The van der Waals surface area contributed by atoms with Crippen LogP contribution in [0.15, 0.2) is 241 Å². The molecule has 8 aromatic carbocycles. The minimum atomic E-state index is -0.628. The SMILES string of the molecule is c1ccc(N(c2ccccc2)c2ccc(C3(c4ccc(N(c5ccccc5)c5ccccc5)cc4)c4cc(-c5cccs5)ccc4-c4ccc(-c5cccs5)cc43)cc2)cc1. The van der Waals surface area contributed by atoms with Crippen molar-refractivity contribution >= 4 is 56.8 Å². The zero-order valence-corrected chi connectivity index (χ0v) is 34.9. The van der Waals surface area contributed by atoms with Crippen LogP contribution in [0, 0.1) is 0 Å². The van der Waals surface area contributed by atoms with Gasteiger partial charge < -0.3 is 9.80 Å². The predicted octanol–water partition coefficient (Wildman–Crippen LogP) is 16.4. The summed E-state index contributed by atoms with van der Waals surface area (Å²) in [5, 5.41) is 4.34. The summed E-state index contributed by atoms with van der Waals surface area (Å²) in [5.41, 5.74) is 16.1. The Bertz CT molecular complexity index is 2740. The molecule has 0 saturated carbocycles. The van der Waals surface area contributed by atoms with Crippen LogP contribution in [0.25, 0.3) is 32.0 Å². The van der Waals surface area contributed by atoms with E-state index < -0.39 is 5.41 Å². The van der Waals surface area contributed by atoms with Crippen molar-refractivity contribution in [3.05, 3.63) is 264 Å². The molecule has 0 fully saturated rings. The van der Waals surface area contributed by atoms with Crippen LogP contribution >= 0.6 is 22.7 Å². The summed E-state index contributed by atoms with van der Waals surface area (Å²) in [5.74, 6) is 0. The fraction of sp³-hybridized carbons (Fsp3) is 0.0175. The molecule has 61 heavy (non-hydrogen) atoms. The van der Waals surface area contributed by atoms with E-state index >= 15 is 0 Å². The van der Waals surface area contributed by atoms with Crippen molar-refractivity contribution in [1.82, 2.24) is 0 Å². The number of para-hydroxylation sites is 4. The molecule has 2 nitrogen and oxygen atoms in total. The number of hydrogen-bond donors (Lipinski definition) is 0. The Kier molecular flexibility index (Phi) is 9.50. The lowest BCUT2D eigenvalue weighted by Crippen LogP contribution is -2.29. The van der Waals surface area contributed by atoms with E-state index in [9.17, 15) is 0 Å². The fourth-order valence-corrected chi connectivity index (χ4v) is 10.7. The summed E-state index contributed by atoms with van der Waals surface area (Å²) in [6.45, 7) is 0. The van der Waals surface area contributed by atoms with Crippen molar-refractivity contribution in [2.75, 3.05) is 9.80 Å². The normalized spacial score (nSPS) is 12.4. The van der Waals surface area contributed by atoms with E-state index in [0.717, 1.165) is 34.1 Å². The van der Waals surface area contributed by atoms with Crippen molar-refractivity contribution in [3.63, 3.8) is 0 Å². The van der Waals surface area contributed by atoms with E-state index in [-0.39, 0.29) is 0 Å². The minimum absolute atomic E-state index is 0.628. The molecule has 1 aliphatic rings. The maximum Gasteiger partial charge on any atom is 0.0714 e. The van der Waals surface area contributed by atoms with Crippen molar-refractivity contribution in [1.29, 1.82) is 0 Å². The minimum Gasteiger partial charge on any atom is -0.311 e. The molecule has 0 saturated heterocycles. The summed E-state index contributed by atoms with van der Waals surface area (Å²) < 4.78 is 0. The third-order valence-electron chi connectivity index (χ3n) is 11.9. The summed E-state index contributed by atoms with van der Waals surface area (Å²) in [4.78, 5) is 7.21. The van der Waals surface area contributed by atoms with Crippen LogP contribution in [0.5, 0.6) is 0 Å². The molecule has 10 aromatic rings. The van der Waals surface area contributed by atoms with Crippen LogP contribution in [0.2, 0.25) is 0 Å². The smallest absolute Gasteiger partial charge is 0.0714 e. The number of anilines is 6. The molecular weight excluding hydrogens is 777 g/mol. The van der Waals surface area contributed by atoms with Crippen molar-refractivity contribution in [2.24, 2.45) is 0 Å². The Morgan fingerprint density at radius 1 is 0.295 bits per heavy atom. The van der Waals surface area contributed by atoms with E-state index in [0.29, 0.717) is 0 Å². The topological polar surface area (TPSA) is 6.48 Å². The molecule has 0 bridgehead atoms. The van der Waals surface area contributed by atoms with E-state index in [1.165, 1.54) is 54.3 Å². The highest BCUT2D eigenvalue weighted by Crippen LogP contribution is 2.58. The van der Waals surface area contributed by atoms with Gasteiger partial charge in [0.05, 0.1) is 5.41 Å². The van der Waals surface area contributed by atoms with Crippen LogP contribution in [0.3, 0.4) is 0 Å².